The Morgan fingerprint density at radius 3 is 2.25 bits per heavy atom. The van der Waals surface area contributed by atoms with Crippen LogP contribution in [0, 0.1) is 13.8 Å². The van der Waals surface area contributed by atoms with E-state index in [1.54, 1.807) is 13.8 Å². The maximum absolute atomic E-state index is 12.8. The molecular weight excluding hydrogens is 242 g/mol. The van der Waals surface area contributed by atoms with E-state index >= 15 is 0 Å². The number of hydrogen-bond donors (Lipinski definition) is 1. The van der Waals surface area contributed by atoms with Crippen LogP contribution in [0.2, 0.25) is 0 Å². The lowest BCUT2D eigenvalue weighted by molar-refractivity contribution is -0.0563. The van der Waals surface area contributed by atoms with Crippen LogP contribution in [0.4, 0.5) is 23.2 Å². The van der Waals surface area contributed by atoms with Gasteiger partial charge in [-0.25, -0.2) is 8.78 Å². The Balaban J connectivity index is 3.02. The van der Waals surface area contributed by atoms with Gasteiger partial charge in [0.05, 0.1) is 0 Å². The lowest BCUT2D eigenvalue weighted by atomic mass is 10.1. The zero-order valence-electron chi connectivity index (χ0n) is 8.73. The molecule has 0 saturated carbocycles. The van der Waals surface area contributed by atoms with Crippen LogP contribution < -0.4 is 5.73 Å². The highest BCUT2D eigenvalue weighted by atomic mass is 32.2. The van der Waals surface area contributed by atoms with Crippen molar-refractivity contribution in [2.75, 3.05) is 5.73 Å². The van der Waals surface area contributed by atoms with Gasteiger partial charge in [0.1, 0.15) is 0 Å². The molecule has 1 aromatic carbocycles. The number of rotatable bonds is 3. The fourth-order valence-electron chi connectivity index (χ4n) is 1.11. The second kappa shape index (κ2) is 4.53. The SMILES string of the molecule is Cc1cc(SC(F)(F)C(F)F)c(C)cc1N. The topological polar surface area (TPSA) is 26.0 Å². The van der Waals surface area contributed by atoms with E-state index in [4.69, 9.17) is 5.73 Å². The third-order valence-electron chi connectivity index (χ3n) is 2.06. The number of alkyl halides is 4. The van der Waals surface area contributed by atoms with Gasteiger partial charge in [-0.2, -0.15) is 8.78 Å². The van der Waals surface area contributed by atoms with Gasteiger partial charge in [-0.05, 0) is 48.9 Å². The van der Waals surface area contributed by atoms with E-state index in [1.165, 1.54) is 12.1 Å². The molecule has 0 atom stereocenters. The van der Waals surface area contributed by atoms with Gasteiger partial charge in [0.2, 0.25) is 0 Å². The highest BCUT2D eigenvalue weighted by molar-refractivity contribution is 8.00. The Morgan fingerprint density at radius 1 is 1.19 bits per heavy atom. The standard InChI is InChI=1S/C10H11F4NS/c1-5-4-8(6(2)3-7(5)15)16-10(13,14)9(11)12/h3-4,9H,15H2,1-2H3. The fourth-order valence-corrected chi connectivity index (χ4v) is 1.95. The molecule has 2 N–H and O–H groups in total. The summed E-state index contributed by atoms with van der Waals surface area (Å²) >= 11 is -0.135. The van der Waals surface area contributed by atoms with Gasteiger partial charge in [0.15, 0.2) is 0 Å². The minimum atomic E-state index is -4.08. The zero-order chi connectivity index (χ0) is 12.5. The quantitative estimate of drug-likeness (QED) is 0.503. The molecule has 0 bridgehead atoms. The molecule has 0 radical (unpaired) electrons. The van der Waals surface area contributed by atoms with Crippen molar-refractivity contribution in [2.24, 2.45) is 0 Å². The predicted molar refractivity (Wildman–Crippen MR) is 57.1 cm³/mol. The first-order valence-corrected chi connectivity index (χ1v) is 5.27. The molecule has 0 aliphatic heterocycles. The summed E-state index contributed by atoms with van der Waals surface area (Å²) in [7, 11) is 0. The van der Waals surface area contributed by atoms with Gasteiger partial charge in [0, 0.05) is 10.6 Å². The van der Waals surface area contributed by atoms with Gasteiger partial charge < -0.3 is 5.73 Å². The van der Waals surface area contributed by atoms with E-state index in [0.29, 0.717) is 16.8 Å². The fraction of sp³-hybridized carbons (Fsp3) is 0.400. The Bertz CT molecular complexity index is 393. The number of thioether (sulfide) groups is 1. The second-order valence-electron chi connectivity index (χ2n) is 3.44. The molecular formula is C10H11F4NS. The molecule has 0 aromatic heterocycles. The number of nitrogens with two attached hydrogens (primary N) is 1. The second-order valence-corrected chi connectivity index (χ2v) is 4.63. The summed E-state index contributed by atoms with van der Waals surface area (Å²) in [6.45, 7) is 3.19. The molecule has 0 aliphatic carbocycles. The maximum atomic E-state index is 12.8. The predicted octanol–water partition coefficient (Wildman–Crippen LogP) is 3.84. The molecule has 0 heterocycles. The average molecular weight is 253 g/mol. The minimum absolute atomic E-state index is 0.122. The van der Waals surface area contributed by atoms with Crippen LogP contribution in [-0.2, 0) is 0 Å². The largest absolute Gasteiger partial charge is 0.399 e. The zero-order valence-corrected chi connectivity index (χ0v) is 9.55. The van der Waals surface area contributed by atoms with Gasteiger partial charge in [0.25, 0.3) is 0 Å². The summed E-state index contributed by atoms with van der Waals surface area (Å²) in [5.41, 5.74) is 7.09. The number of anilines is 1. The molecule has 0 fully saturated rings. The molecule has 6 heteroatoms. The monoisotopic (exact) mass is 253 g/mol. The van der Waals surface area contributed by atoms with Crippen LogP contribution in [0.1, 0.15) is 11.1 Å². The van der Waals surface area contributed by atoms with Crippen LogP contribution in [0.5, 0.6) is 0 Å². The third-order valence-corrected chi connectivity index (χ3v) is 3.17. The molecule has 0 aliphatic rings. The summed E-state index contributed by atoms with van der Waals surface area (Å²) in [5, 5.41) is -4.08. The first kappa shape index (κ1) is 13.2. The Kier molecular flexibility index (Phi) is 3.72. The normalized spacial score (nSPS) is 12.2. The average Bonchev–Trinajstić information content (AvgIpc) is 2.13. The van der Waals surface area contributed by atoms with Crippen LogP contribution in [0.3, 0.4) is 0 Å². The smallest absolute Gasteiger partial charge is 0.357 e. The first-order chi connectivity index (χ1) is 7.24. The van der Waals surface area contributed by atoms with E-state index in [-0.39, 0.29) is 16.7 Å². The molecule has 90 valence electrons. The summed E-state index contributed by atoms with van der Waals surface area (Å²) in [6.07, 6.45) is -3.69. The molecule has 0 spiro atoms. The maximum Gasteiger partial charge on any atom is 0.357 e. The van der Waals surface area contributed by atoms with E-state index < -0.39 is 11.7 Å². The molecule has 1 rings (SSSR count). The van der Waals surface area contributed by atoms with Crippen LogP contribution in [0.25, 0.3) is 0 Å². The number of aryl methyl sites for hydroxylation is 2. The minimum Gasteiger partial charge on any atom is -0.399 e. The van der Waals surface area contributed by atoms with Crippen LogP contribution >= 0.6 is 11.8 Å². The number of halogens is 4. The summed E-state index contributed by atoms with van der Waals surface area (Å²) in [6, 6.07) is 2.89. The van der Waals surface area contributed by atoms with Crippen molar-refractivity contribution < 1.29 is 17.6 Å². The van der Waals surface area contributed by atoms with E-state index in [1.807, 2.05) is 0 Å². The summed E-state index contributed by atoms with van der Waals surface area (Å²) in [5.74, 6) is 0. The number of benzene rings is 1. The molecule has 0 saturated heterocycles. The van der Waals surface area contributed by atoms with Crippen LogP contribution in [-0.4, -0.2) is 11.7 Å². The third kappa shape index (κ3) is 2.81. The molecule has 16 heavy (non-hydrogen) atoms. The van der Waals surface area contributed by atoms with Crippen molar-refractivity contribution in [2.45, 2.75) is 30.4 Å². The Labute approximate surface area is 95.0 Å². The van der Waals surface area contributed by atoms with Crippen molar-refractivity contribution in [3.8, 4) is 0 Å². The summed E-state index contributed by atoms with van der Waals surface area (Å²) in [4.78, 5) is 0.122. The molecule has 0 unspecified atom stereocenters. The molecule has 1 aromatic rings. The van der Waals surface area contributed by atoms with Gasteiger partial charge in [-0.15, -0.1) is 0 Å². The van der Waals surface area contributed by atoms with E-state index in [0.717, 1.165) is 0 Å². The number of nitrogen functional groups attached to an aromatic ring is 1. The molecule has 1 nitrogen and oxygen atoms in total. The van der Waals surface area contributed by atoms with Gasteiger partial charge in [-0.1, -0.05) is 0 Å². The van der Waals surface area contributed by atoms with Crippen molar-refractivity contribution in [3.05, 3.63) is 23.3 Å². The Morgan fingerprint density at radius 2 is 1.75 bits per heavy atom. The van der Waals surface area contributed by atoms with Crippen molar-refractivity contribution in [3.63, 3.8) is 0 Å². The van der Waals surface area contributed by atoms with Crippen LogP contribution in [0.15, 0.2) is 17.0 Å². The highest BCUT2D eigenvalue weighted by Gasteiger charge is 2.42. The van der Waals surface area contributed by atoms with Gasteiger partial charge >= 0.3 is 11.7 Å². The lowest BCUT2D eigenvalue weighted by Crippen LogP contribution is -2.21. The molecule has 0 amide bonds. The lowest BCUT2D eigenvalue weighted by Gasteiger charge is -2.16. The van der Waals surface area contributed by atoms with Crippen molar-refractivity contribution in [1.29, 1.82) is 0 Å². The summed E-state index contributed by atoms with van der Waals surface area (Å²) < 4.78 is 49.7. The van der Waals surface area contributed by atoms with Crippen molar-refractivity contribution >= 4 is 17.4 Å². The van der Waals surface area contributed by atoms with E-state index in [9.17, 15) is 17.6 Å². The highest BCUT2D eigenvalue weighted by Crippen LogP contribution is 2.42. The Hall–Kier alpha value is -0.910. The van der Waals surface area contributed by atoms with E-state index in [2.05, 4.69) is 0 Å². The van der Waals surface area contributed by atoms with Crippen molar-refractivity contribution in [1.82, 2.24) is 0 Å². The van der Waals surface area contributed by atoms with Gasteiger partial charge in [-0.3, -0.25) is 0 Å². The number of hydrogen-bond acceptors (Lipinski definition) is 2. The first-order valence-electron chi connectivity index (χ1n) is 4.45.